The number of sulfonamides is 1. The number of amides is 3. The molecule has 2 N–H and O–H groups in total. The Labute approximate surface area is 156 Å². The lowest BCUT2D eigenvalue weighted by atomic mass is 10.3. The van der Waals surface area contributed by atoms with Crippen molar-refractivity contribution in [3.8, 4) is 0 Å². The Hall–Kier alpha value is -2.44. The van der Waals surface area contributed by atoms with E-state index in [-0.39, 0.29) is 22.3 Å². The highest BCUT2D eigenvalue weighted by atomic mass is 32.2. The van der Waals surface area contributed by atoms with Crippen LogP contribution in [0.15, 0.2) is 40.7 Å². The van der Waals surface area contributed by atoms with Gasteiger partial charge in [-0.15, -0.1) is 11.3 Å². The quantitative estimate of drug-likeness (QED) is 0.738. The molecular weight excluding hydrogens is 400 g/mol. The number of anilines is 2. The predicted molar refractivity (Wildman–Crippen MR) is 97.6 cm³/mol. The number of nitrogens with zero attached hydrogens (tertiary/aromatic N) is 2. The first-order chi connectivity index (χ1) is 12.3. The Morgan fingerprint density at radius 3 is 2.54 bits per heavy atom. The van der Waals surface area contributed by atoms with E-state index < -0.39 is 27.1 Å². The van der Waals surface area contributed by atoms with Crippen molar-refractivity contribution >= 4 is 61.0 Å². The second-order valence-corrected chi connectivity index (χ2v) is 8.55. The molecule has 0 aliphatic carbocycles. The summed E-state index contributed by atoms with van der Waals surface area (Å²) in [6, 6.07) is 5.48. The summed E-state index contributed by atoms with van der Waals surface area (Å²) in [5, 5.41) is 3.95. The maximum Gasteiger partial charge on any atom is 0.289 e. The zero-order chi connectivity index (χ0) is 18.7. The fraction of sp³-hybridized carbons (Fsp3) is 0.143. The monoisotopic (exact) mass is 412 g/mol. The summed E-state index contributed by atoms with van der Waals surface area (Å²) in [7, 11) is -3.78. The molecule has 0 saturated carbocycles. The molecule has 12 heteroatoms. The molecule has 0 radical (unpaired) electrons. The van der Waals surface area contributed by atoms with Crippen LogP contribution in [0.1, 0.15) is 0 Å². The summed E-state index contributed by atoms with van der Waals surface area (Å²) in [6.45, 7) is -0.379. The van der Waals surface area contributed by atoms with E-state index in [0.717, 1.165) is 28.0 Å². The normalized spacial score (nSPS) is 14.5. The average Bonchev–Trinajstić information content (AvgIpc) is 3.20. The number of imide groups is 1. The largest absolute Gasteiger partial charge is 0.325 e. The molecule has 1 fully saturated rings. The van der Waals surface area contributed by atoms with Crippen LogP contribution in [0.5, 0.6) is 0 Å². The van der Waals surface area contributed by atoms with Gasteiger partial charge in [-0.3, -0.25) is 24.0 Å². The number of hydrogen-bond acceptors (Lipinski definition) is 8. The molecule has 1 saturated heterocycles. The molecular formula is C14H12N4O5S3. The van der Waals surface area contributed by atoms with Crippen molar-refractivity contribution < 1.29 is 22.8 Å². The Kier molecular flexibility index (Phi) is 5.25. The van der Waals surface area contributed by atoms with Crippen LogP contribution in [0.25, 0.3) is 0 Å². The lowest BCUT2D eigenvalue weighted by Gasteiger charge is -2.13. The average molecular weight is 412 g/mol. The van der Waals surface area contributed by atoms with E-state index in [1.165, 1.54) is 30.5 Å². The third-order valence-corrected chi connectivity index (χ3v) is 6.28. The third-order valence-electron chi connectivity index (χ3n) is 3.24. The fourth-order valence-corrected chi connectivity index (χ4v) is 4.56. The second kappa shape index (κ2) is 7.43. The zero-order valence-corrected chi connectivity index (χ0v) is 15.5. The molecule has 0 unspecified atom stereocenters. The van der Waals surface area contributed by atoms with Crippen LogP contribution in [-0.4, -0.2) is 47.7 Å². The molecule has 9 nitrogen and oxygen atoms in total. The van der Waals surface area contributed by atoms with E-state index in [0.29, 0.717) is 5.69 Å². The van der Waals surface area contributed by atoms with Gasteiger partial charge in [-0.05, 0) is 24.3 Å². The Morgan fingerprint density at radius 1 is 1.23 bits per heavy atom. The van der Waals surface area contributed by atoms with Crippen molar-refractivity contribution in [3.05, 3.63) is 35.8 Å². The SMILES string of the molecule is O=C(CN1C(=O)CSC1=O)Nc1ccc(S(=O)(=O)Nc2nccs2)cc1. The van der Waals surface area contributed by atoms with Crippen LogP contribution >= 0.6 is 23.1 Å². The Balaban J connectivity index is 1.63. The molecule has 0 atom stereocenters. The first kappa shape index (κ1) is 18.4. The number of hydrogen-bond donors (Lipinski definition) is 2. The number of benzene rings is 1. The second-order valence-electron chi connectivity index (χ2n) is 5.05. The number of carbonyl (C=O) groups excluding carboxylic acids is 3. The number of rotatable bonds is 6. The van der Waals surface area contributed by atoms with E-state index in [4.69, 9.17) is 0 Å². The highest BCUT2D eigenvalue weighted by Gasteiger charge is 2.31. The van der Waals surface area contributed by atoms with Crippen molar-refractivity contribution in [1.82, 2.24) is 9.88 Å². The molecule has 1 aromatic carbocycles. The summed E-state index contributed by atoms with van der Waals surface area (Å²) in [5.74, 6) is -0.930. The molecule has 1 aromatic heterocycles. The summed E-state index contributed by atoms with van der Waals surface area (Å²) >= 11 is 2.00. The standard InChI is InChI=1S/C14H12N4O5S3/c19-11(7-18-12(20)8-25-14(18)21)16-9-1-3-10(4-2-9)26(22,23)17-13-15-5-6-24-13/h1-6H,7-8H2,(H,15,17)(H,16,19). The summed E-state index contributed by atoms with van der Waals surface area (Å²) in [5.41, 5.74) is 0.343. The molecule has 1 aliphatic rings. The molecule has 2 aromatic rings. The lowest BCUT2D eigenvalue weighted by Crippen LogP contribution is -2.36. The van der Waals surface area contributed by atoms with Gasteiger partial charge in [0.1, 0.15) is 6.54 Å². The van der Waals surface area contributed by atoms with E-state index in [1.54, 1.807) is 5.38 Å². The fourth-order valence-electron chi connectivity index (χ4n) is 2.04. The van der Waals surface area contributed by atoms with E-state index >= 15 is 0 Å². The van der Waals surface area contributed by atoms with Gasteiger partial charge in [-0.2, -0.15) is 0 Å². The zero-order valence-electron chi connectivity index (χ0n) is 13.0. The molecule has 3 amide bonds. The van der Waals surface area contributed by atoms with Crippen molar-refractivity contribution in [2.45, 2.75) is 4.90 Å². The molecule has 1 aliphatic heterocycles. The van der Waals surface area contributed by atoms with Gasteiger partial charge < -0.3 is 5.32 Å². The van der Waals surface area contributed by atoms with Gasteiger partial charge in [0.15, 0.2) is 5.13 Å². The van der Waals surface area contributed by atoms with Crippen molar-refractivity contribution in [1.29, 1.82) is 0 Å². The molecule has 3 rings (SSSR count). The molecule has 0 bridgehead atoms. The predicted octanol–water partition coefficient (Wildman–Crippen LogP) is 1.58. The highest BCUT2D eigenvalue weighted by molar-refractivity contribution is 8.14. The maximum atomic E-state index is 12.2. The van der Waals surface area contributed by atoms with Gasteiger partial charge >= 0.3 is 0 Å². The van der Waals surface area contributed by atoms with E-state index in [1.807, 2.05) is 0 Å². The van der Waals surface area contributed by atoms with Gasteiger partial charge in [0.25, 0.3) is 15.3 Å². The van der Waals surface area contributed by atoms with Crippen molar-refractivity contribution in [3.63, 3.8) is 0 Å². The smallest absolute Gasteiger partial charge is 0.289 e. The minimum absolute atomic E-state index is 0.00648. The van der Waals surface area contributed by atoms with E-state index in [2.05, 4.69) is 15.0 Å². The number of thioether (sulfide) groups is 1. The van der Waals surface area contributed by atoms with Crippen LogP contribution in [0.3, 0.4) is 0 Å². The van der Waals surface area contributed by atoms with Crippen LogP contribution in [0.2, 0.25) is 0 Å². The van der Waals surface area contributed by atoms with Crippen LogP contribution in [0.4, 0.5) is 15.6 Å². The van der Waals surface area contributed by atoms with Crippen LogP contribution in [0, 0.1) is 0 Å². The Morgan fingerprint density at radius 2 is 1.96 bits per heavy atom. The third kappa shape index (κ3) is 4.20. The highest BCUT2D eigenvalue weighted by Crippen LogP contribution is 2.20. The number of aromatic nitrogens is 1. The lowest BCUT2D eigenvalue weighted by molar-refractivity contribution is -0.128. The topological polar surface area (TPSA) is 126 Å². The number of carbonyl (C=O) groups is 3. The van der Waals surface area contributed by atoms with Gasteiger partial charge in [0.2, 0.25) is 11.8 Å². The maximum absolute atomic E-state index is 12.2. The van der Waals surface area contributed by atoms with Gasteiger partial charge in [-0.1, -0.05) is 11.8 Å². The van der Waals surface area contributed by atoms with Gasteiger partial charge in [0, 0.05) is 17.3 Å². The first-order valence-corrected chi connectivity index (χ1v) is 10.5. The summed E-state index contributed by atoms with van der Waals surface area (Å²) < 4.78 is 26.8. The number of nitrogens with one attached hydrogen (secondary N) is 2. The van der Waals surface area contributed by atoms with Crippen LogP contribution in [-0.2, 0) is 19.6 Å². The first-order valence-electron chi connectivity index (χ1n) is 7.14. The van der Waals surface area contributed by atoms with Crippen molar-refractivity contribution in [2.24, 2.45) is 0 Å². The summed E-state index contributed by atoms with van der Waals surface area (Å²) in [4.78, 5) is 39.6. The minimum Gasteiger partial charge on any atom is -0.325 e. The van der Waals surface area contributed by atoms with Crippen molar-refractivity contribution in [2.75, 3.05) is 22.3 Å². The minimum atomic E-state index is -3.78. The molecule has 2 heterocycles. The molecule has 136 valence electrons. The van der Waals surface area contributed by atoms with Gasteiger partial charge in [0.05, 0.1) is 10.6 Å². The molecule has 0 spiro atoms. The van der Waals surface area contributed by atoms with Crippen LogP contribution < -0.4 is 10.0 Å². The Bertz CT molecular complexity index is 925. The molecule has 26 heavy (non-hydrogen) atoms. The number of thiazole rings is 1. The summed E-state index contributed by atoms with van der Waals surface area (Å²) in [6.07, 6.45) is 1.48. The van der Waals surface area contributed by atoms with Gasteiger partial charge in [-0.25, -0.2) is 13.4 Å². The van der Waals surface area contributed by atoms with E-state index in [9.17, 15) is 22.8 Å².